The van der Waals surface area contributed by atoms with Crippen molar-refractivity contribution in [3.63, 3.8) is 0 Å². The van der Waals surface area contributed by atoms with Gasteiger partial charge in [0, 0.05) is 19.2 Å². The van der Waals surface area contributed by atoms with Gasteiger partial charge in [-0.1, -0.05) is 17.7 Å². The molecule has 2 heterocycles. The second-order valence-corrected chi connectivity index (χ2v) is 6.23. The van der Waals surface area contributed by atoms with Crippen LogP contribution in [0.25, 0.3) is 0 Å². The molecule has 3 rings (SSSR count). The van der Waals surface area contributed by atoms with Gasteiger partial charge in [0.05, 0.1) is 23.9 Å². The third-order valence-corrected chi connectivity index (χ3v) is 4.14. The summed E-state index contributed by atoms with van der Waals surface area (Å²) in [6.45, 7) is 9.13. The van der Waals surface area contributed by atoms with Crippen LogP contribution in [0.4, 0.5) is 17.3 Å². The summed E-state index contributed by atoms with van der Waals surface area (Å²) < 4.78 is 5.40. The topological polar surface area (TPSA) is 50.3 Å². The van der Waals surface area contributed by atoms with Gasteiger partial charge in [-0.25, -0.2) is 9.97 Å². The molecule has 0 aliphatic carbocycles. The Labute approximate surface area is 141 Å². The first-order valence-electron chi connectivity index (χ1n) is 7.75. The van der Waals surface area contributed by atoms with Gasteiger partial charge in [0.2, 0.25) is 0 Å². The highest BCUT2D eigenvalue weighted by molar-refractivity contribution is 6.33. The second-order valence-electron chi connectivity index (χ2n) is 5.82. The lowest BCUT2D eigenvalue weighted by Crippen LogP contribution is -2.36. The molecule has 23 heavy (non-hydrogen) atoms. The first-order valence-corrected chi connectivity index (χ1v) is 8.13. The zero-order valence-electron chi connectivity index (χ0n) is 13.7. The van der Waals surface area contributed by atoms with Gasteiger partial charge in [0.1, 0.15) is 17.5 Å². The number of morpholine rings is 1. The van der Waals surface area contributed by atoms with Crippen molar-refractivity contribution in [1.29, 1.82) is 0 Å². The number of aromatic nitrogens is 2. The van der Waals surface area contributed by atoms with Crippen molar-refractivity contribution < 1.29 is 4.74 Å². The molecule has 1 aliphatic heterocycles. The van der Waals surface area contributed by atoms with E-state index in [2.05, 4.69) is 26.3 Å². The lowest BCUT2D eigenvalue weighted by molar-refractivity contribution is 0.122. The molecule has 0 atom stereocenters. The highest BCUT2D eigenvalue weighted by Crippen LogP contribution is 2.30. The molecule has 1 N–H and O–H groups in total. The number of anilines is 3. The maximum atomic E-state index is 6.38. The fraction of sp³-hybridized carbons (Fsp3) is 0.412. The largest absolute Gasteiger partial charge is 0.378 e. The van der Waals surface area contributed by atoms with Crippen molar-refractivity contribution in [2.45, 2.75) is 20.8 Å². The number of rotatable bonds is 3. The van der Waals surface area contributed by atoms with E-state index in [4.69, 9.17) is 16.3 Å². The molecule has 6 heteroatoms. The van der Waals surface area contributed by atoms with Gasteiger partial charge < -0.3 is 15.0 Å². The Hall–Kier alpha value is -1.85. The summed E-state index contributed by atoms with van der Waals surface area (Å²) in [4.78, 5) is 11.2. The molecule has 1 aromatic carbocycles. The van der Waals surface area contributed by atoms with E-state index in [1.165, 1.54) is 0 Å². The molecular formula is C17H21ClN4O. The lowest BCUT2D eigenvalue weighted by atomic mass is 10.1. The second kappa shape index (κ2) is 6.72. The van der Waals surface area contributed by atoms with Crippen molar-refractivity contribution in [2.24, 2.45) is 0 Å². The molecule has 0 bridgehead atoms. The van der Waals surface area contributed by atoms with Crippen molar-refractivity contribution in [3.05, 3.63) is 40.2 Å². The smallest absolute Gasteiger partial charge is 0.136 e. The fourth-order valence-corrected chi connectivity index (χ4v) is 3.14. The predicted octanol–water partition coefficient (Wildman–Crippen LogP) is 3.64. The number of ether oxygens (including phenoxy) is 1. The molecule has 1 saturated heterocycles. The Morgan fingerprint density at radius 3 is 2.52 bits per heavy atom. The first kappa shape index (κ1) is 16.0. The van der Waals surface area contributed by atoms with Gasteiger partial charge in [0.15, 0.2) is 0 Å². The average Bonchev–Trinajstić information content (AvgIpc) is 2.51. The monoisotopic (exact) mass is 332 g/mol. The molecule has 0 unspecified atom stereocenters. The van der Waals surface area contributed by atoms with Gasteiger partial charge in [-0.3, -0.25) is 0 Å². The average molecular weight is 333 g/mol. The Morgan fingerprint density at radius 2 is 1.83 bits per heavy atom. The summed E-state index contributed by atoms with van der Waals surface area (Å²) in [7, 11) is 0. The van der Waals surface area contributed by atoms with E-state index in [-0.39, 0.29) is 0 Å². The Balaban J connectivity index is 1.90. The fourth-order valence-electron chi connectivity index (χ4n) is 2.77. The molecular weight excluding hydrogens is 312 g/mol. The van der Waals surface area contributed by atoms with E-state index in [0.717, 1.165) is 60.6 Å². The summed E-state index contributed by atoms with van der Waals surface area (Å²) in [5.41, 5.74) is 3.13. The molecule has 0 saturated carbocycles. The van der Waals surface area contributed by atoms with Crippen LogP contribution in [0.5, 0.6) is 0 Å². The normalized spacial score (nSPS) is 14.9. The highest BCUT2D eigenvalue weighted by atomic mass is 35.5. The minimum absolute atomic E-state index is 0.701. The molecule has 1 aliphatic rings. The number of aryl methyl sites for hydroxylation is 3. The number of hydrogen-bond donors (Lipinski definition) is 1. The van der Waals surface area contributed by atoms with Crippen LogP contribution >= 0.6 is 11.6 Å². The van der Waals surface area contributed by atoms with Crippen molar-refractivity contribution in [1.82, 2.24) is 9.97 Å². The lowest BCUT2D eigenvalue weighted by Gasteiger charge is -2.28. The minimum atomic E-state index is 0.701. The van der Waals surface area contributed by atoms with Crippen LogP contribution < -0.4 is 10.2 Å². The van der Waals surface area contributed by atoms with Crippen molar-refractivity contribution in [3.8, 4) is 0 Å². The van der Waals surface area contributed by atoms with E-state index >= 15 is 0 Å². The molecule has 0 amide bonds. The molecule has 1 fully saturated rings. The van der Waals surface area contributed by atoms with Crippen LogP contribution in [0.15, 0.2) is 18.2 Å². The summed E-state index contributed by atoms with van der Waals surface area (Å²) >= 11 is 6.38. The summed E-state index contributed by atoms with van der Waals surface area (Å²) in [5, 5.41) is 4.05. The van der Waals surface area contributed by atoms with Crippen LogP contribution in [0.3, 0.4) is 0 Å². The van der Waals surface area contributed by atoms with Gasteiger partial charge >= 0.3 is 0 Å². The van der Waals surface area contributed by atoms with Gasteiger partial charge in [-0.15, -0.1) is 0 Å². The Bertz CT molecular complexity index is 691. The molecule has 0 radical (unpaired) electrons. The summed E-state index contributed by atoms with van der Waals surface area (Å²) in [6.07, 6.45) is 0. The van der Waals surface area contributed by atoms with Gasteiger partial charge in [-0.2, -0.15) is 0 Å². The van der Waals surface area contributed by atoms with Crippen LogP contribution in [0.1, 0.15) is 17.0 Å². The van der Waals surface area contributed by atoms with Crippen molar-refractivity contribution in [2.75, 3.05) is 36.5 Å². The number of nitrogens with one attached hydrogen (secondary N) is 1. The number of hydrogen-bond acceptors (Lipinski definition) is 5. The molecule has 2 aromatic rings. The molecule has 5 nitrogen and oxygen atoms in total. The molecule has 122 valence electrons. The maximum Gasteiger partial charge on any atom is 0.136 e. The van der Waals surface area contributed by atoms with Gasteiger partial charge in [0.25, 0.3) is 0 Å². The zero-order chi connectivity index (χ0) is 16.4. The Morgan fingerprint density at radius 1 is 1.09 bits per heavy atom. The highest BCUT2D eigenvalue weighted by Gasteiger charge is 2.15. The third kappa shape index (κ3) is 3.74. The van der Waals surface area contributed by atoms with Crippen molar-refractivity contribution >= 4 is 28.9 Å². The third-order valence-electron chi connectivity index (χ3n) is 3.84. The standard InChI is InChI=1S/C17H21ClN4O/c1-11-8-12(2)17(14(18)9-11)21-15-10-16(20-13(3)19-15)22-4-6-23-7-5-22/h8-10H,4-7H2,1-3H3,(H,19,20,21). The maximum absolute atomic E-state index is 6.38. The minimum Gasteiger partial charge on any atom is -0.378 e. The van der Waals surface area contributed by atoms with Crippen LogP contribution in [0.2, 0.25) is 5.02 Å². The number of benzene rings is 1. The van der Waals surface area contributed by atoms with Crippen LogP contribution in [0, 0.1) is 20.8 Å². The number of nitrogens with zero attached hydrogens (tertiary/aromatic N) is 3. The van der Waals surface area contributed by atoms with E-state index in [9.17, 15) is 0 Å². The molecule has 1 aromatic heterocycles. The zero-order valence-corrected chi connectivity index (χ0v) is 14.4. The summed E-state index contributed by atoms with van der Waals surface area (Å²) in [5.74, 6) is 2.41. The Kier molecular flexibility index (Phi) is 4.68. The predicted molar refractivity (Wildman–Crippen MR) is 94.0 cm³/mol. The molecule has 0 spiro atoms. The van der Waals surface area contributed by atoms with E-state index in [1.807, 2.05) is 32.9 Å². The van der Waals surface area contributed by atoms with E-state index < -0.39 is 0 Å². The first-order chi connectivity index (χ1) is 11.0. The van der Waals surface area contributed by atoms with E-state index in [1.54, 1.807) is 0 Å². The van der Waals surface area contributed by atoms with E-state index in [0.29, 0.717) is 5.02 Å². The SMILES string of the molecule is Cc1cc(C)c(Nc2cc(N3CCOCC3)nc(C)n2)c(Cl)c1. The quantitative estimate of drug-likeness (QED) is 0.930. The van der Waals surface area contributed by atoms with Crippen LogP contribution in [-0.4, -0.2) is 36.3 Å². The summed E-state index contributed by atoms with van der Waals surface area (Å²) in [6, 6.07) is 6.02. The van der Waals surface area contributed by atoms with Gasteiger partial charge in [-0.05, 0) is 38.0 Å². The number of halogens is 1. The van der Waals surface area contributed by atoms with Crippen LogP contribution in [-0.2, 0) is 4.74 Å².